The zero-order valence-electron chi connectivity index (χ0n) is 13.8. The summed E-state index contributed by atoms with van der Waals surface area (Å²) >= 11 is 0. The number of benzene rings is 1. The molecule has 1 heterocycles. The molecule has 0 aromatic heterocycles. The normalized spacial score (nSPS) is 17.2. The van der Waals surface area contributed by atoms with Crippen molar-refractivity contribution in [2.24, 2.45) is 0 Å². The van der Waals surface area contributed by atoms with Gasteiger partial charge in [-0.25, -0.2) is 4.79 Å². The van der Waals surface area contributed by atoms with Crippen molar-refractivity contribution in [1.29, 1.82) is 0 Å². The van der Waals surface area contributed by atoms with E-state index >= 15 is 0 Å². The second-order valence-corrected chi connectivity index (χ2v) is 5.54. The molecule has 2 N–H and O–H groups in total. The Hall–Kier alpha value is -2.90. The number of carbonyl (C=O) groups excluding carboxylic acids is 4. The van der Waals surface area contributed by atoms with Gasteiger partial charge in [0.25, 0.3) is 5.91 Å². The number of likely N-dealkylation sites (N-methyl/N-ethyl adjacent to an activating group) is 1. The number of imide groups is 1. The number of nitrogens with one attached hydrogen (secondary N) is 2. The van der Waals surface area contributed by atoms with Gasteiger partial charge < -0.3 is 10.6 Å². The van der Waals surface area contributed by atoms with E-state index in [1.54, 1.807) is 19.1 Å². The molecule has 128 valence electrons. The first kappa shape index (κ1) is 17.5. The first-order valence-electron chi connectivity index (χ1n) is 7.53. The first-order chi connectivity index (χ1) is 11.3. The van der Waals surface area contributed by atoms with Crippen LogP contribution in [0, 0.1) is 6.92 Å². The minimum atomic E-state index is -0.688. The fourth-order valence-electron chi connectivity index (χ4n) is 2.38. The number of urea groups is 1. The van der Waals surface area contributed by atoms with E-state index in [4.69, 9.17) is 0 Å². The van der Waals surface area contributed by atoms with Gasteiger partial charge in [-0.05, 0) is 26.0 Å². The molecule has 1 aliphatic heterocycles. The van der Waals surface area contributed by atoms with Crippen molar-refractivity contribution in [2.45, 2.75) is 19.9 Å². The lowest BCUT2D eigenvalue weighted by molar-refractivity contribution is -0.132. The van der Waals surface area contributed by atoms with E-state index in [1.807, 2.05) is 19.1 Å². The summed E-state index contributed by atoms with van der Waals surface area (Å²) < 4.78 is 0. The van der Waals surface area contributed by atoms with E-state index < -0.39 is 30.4 Å². The van der Waals surface area contributed by atoms with Crippen LogP contribution in [0.3, 0.4) is 0 Å². The molecule has 24 heavy (non-hydrogen) atoms. The summed E-state index contributed by atoms with van der Waals surface area (Å²) in [6, 6.07) is 5.97. The van der Waals surface area contributed by atoms with Gasteiger partial charge in [0.2, 0.25) is 11.8 Å². The van der Waals surface area contributed by atoms with Crippen molar-refractivity contribution >= 4 is 29.4 Å². The van der Waals surface area contributed by atoms with Crippen LogP contribution in [-0.2, 0) is 14.4 Å². The van der Waals surface area contributed by atoms with E-state index in [2.05, 4.69) is 10.6 Å². The molecule has 8 nitrogen and oxygen atoms in total. The van der Waals surface area contributed by atoms with E-state index in [0.29, 0.717) is 5.69 Å². The second kappa shape index (κ2) is 7.12. The summed E-state index contributed by atoms with van der Waals surface area (Å²) in [5.74, 6) is -1.38. The van der Waals surface area contributed by atoms with E-state index in [-0.39, 0.29) is 12.5 Å². The molecule has 8 heteroatoms. The molecular weight excluding hydrogens is 312 g/mol. The van der Waals surface area contributed by atoms with Crippen molar-refractivity contribution in [3.05, 3.63) is 29.8 Å². The lowest BCUT2D eigenvalue weighted by Gasteiger charge is -2.19. The van der Waals surface area contributed by atoms with Gasteiger partial charge in [-0.15, -0.1) is 0 Å². The van der Waals surface area contributed by atoms with Crippen molar-refractivity contribution in [1.82, 2.24) is 15.5 Å². The standard InChI is InChI=1S/C16H20N4O4/c1-10-4-6-12(7-5-10)20-11(2)15(23)19(16(20)24)9-14(22)18-8-13(21)17-3/h4-7,11H,8-9H2,1-3H3,(H,17,21)(H,18,22)/t11-/m0/s1. The quantitative estimate of drug-likeness (QED) is 0.742. The van der Waals surface area contributed by atoms with E-state index in [0.717, 1.165) is 10.5 Å². The van der Waals surface area contributed by atoms with Crippen LogP contribution in [0.1, 0.15) is 12.5 Å². The van der Waals surface area contributed by atoms with Gasteiger partial charge in [-0.3, -0.25) is 24.2 Å². The Kier molecular flexibility index (Phi) is 5.18. The molecule has 0 unspecified atom stereocenters. The number of carbonyl (C=O) groups is 4. The average Bonchev–Trinajstić information content (AvgIpc) is 2.77. The summed E-state index contributed by atoms with van der Waals surface area (Å²) in [6.45, 7) is 2.92. The van der Waals surface area contributed by atoms with E-state index in [1.165, 1.54) is 11.9 Å². The molecule has 5 amide bonds. The molecule has 1 aromatic carbocycles. The SMILES string of the molecule is CNC(=O)CNC(=O)CN1C(=O)[C@H](C)N(c2ccc(C)cc2)C1=O. The predicted molar refractivity (Wildman–Crippen MR) is 87.3 cm³/mol. The van der Waals surface area contributed by atoms with Gasteiger partial charge in [0.1, 0.15) is 12.6 Å². The number of amides is 5. The van der Waals surface area contributed by atoms with Crippen LogP contribution in [0.2, 0.25) is 0 Å². The Bertz CT molecular complexity index is 671. The number of nitrogens with zero attached hydrogens (tertiary/aromatic N) is 2. The highest BCUT2D eigenvalue weighted by Gasteiger charge is 2.43. The number of rotatable bonds is 5. The Labute approximate surface area is 139 Å². The largest absolute Gasteiger partial charge is 0.358 e. The summed E-state index contributed by atoms with van der Waals surface area (Å²) in [6.07, 6.45) is 0. The molecule has 1 fully saturated rings. The smallest absolute Gasteiger partial charge is 0.332 e. The summed E-state index contributed by atoms with van der Waals surface area (Å²) in [4.78, 5) is 50.0. The fraction of sp³-hybridized carbons (Fsp3) is 0.375. The molecule has 2 rings (SSSR count). The van der Waals surface area contributed by atoms with Crippen LogP contribution in [0.25, 0.3) is 0 Å². The van der Waals surface area contributed by atoms with Crippen LogP contribution in [0.15, 0.2) is 24.3 Å². The minimum Gasteiger partial charge on any atom is -0.358 e. The zero-order chi connectivity index (χ0) is 17.9. The zero-order valence-corrected chi connectivity index (χ0v) is 13.8. The van der Waals surface area contributed by atoms with Crippen molar-refractivity contribution in [3.63, 3.8) is 0 Å². The molecule has 1 atom stereocenters. The van der Waals surface area contributed by atoms with E-state index in [9.17, 15) is 19.2 Å². The molecular formula is C16H20N4O4. The maximum atomic E-state index is 12.5. The summed E-state index contributed by atoms with van der Waals surface area (Å²) in [7, 11) is 1.45. The Morgan fingerprint density at radius 3 is 2.33 bits per heavy atom. The molecule has 0 spiro atoms. The van der Waals surface area contributed by atoms with Crippen LogP contribution >= 0.6 is 0 Å². The lowest BCUT2D eigenvalue weighted by Crippen LogP contribution is -2.44. The molecule has 1 saturated heterocycles. The topological polar surface area (TPSA) is 98.8 Å². The number of hydrogen-bond acceptors (Lipinski definition) is 4. The number of anilines is 1. The molecule has 0 radical (unpaired) electrons. The minimum absolute atomic E-state index is 0.206. The van der Waals surface area contributed by atoms with Gasteiger partial charge in [0, 0.05) is 12.7 Å². The maximum absolute atomic E-state index is 12.5. The number of aryl methyl sites for hydroxylation is 1. The van der Waals surface area contributed by atoms with Gasteiger partial charge >= 0.3 is 6.03 Å². The Balaban J connectivity index is 2.08. The van der Waals surface area contributed by atoms with Crippen molar-refractivity contribution in [3.8, 4) is 0 Å². The van der Waals surface area contributed by atoms with Crippen LogP contribution < -0.4 is 15.5 Å². The van der Waals surface area contributed by atoms with Crippen LogP contribution in [0.4, 0.5) is 10.5 Å². The maximum Gasteiger partial charge on any atom is 0.332 e. The highest BCUT2D eigenvalue weighted by Crippen LogP contribution is 2.25. The third kappa shape index (κ3) is 3.53. The average molecular weight is 332 g/mol. The number of hydrogen-bond donors (Lipinski definition) is 2. The monoisotopic (exact) mass is 332 g/mol. The lowest BCUT2D eigenvalue weighted by atomic mass is 10.2. The summed E-state index contributed by atoms with van der Waals surface area (Å²) in [5, 5.41) is 4.72. The molecule has 1 aromatic rings. The molecule has 1 aliphatic rings. The third-order valence-electron chi connectivity index (χ3n) is 3.79. The van der Waals surface area contributed by atoms with Gasteiger partial charge in [0.05, 0.1) is 6.54 Å². The van der Waals surface area contributed by atoms with Gasteiger partial charge in [0.15, 0.2) is 0 Å². The van der Waals surface area contributed by atoms with Crippen LogP contribution in [0.5, 0.6) is 0 Å². The predicted octanol–water partition coefficient (Wildman–Crippen LogP) is 0.0143. The third-order valence-corrected chi connectivity index (χ3v) is 3.79. The fourth-order valence-corrected chi connectivity index (χ4v) is 2.38. The van der Waals surface area contributed by atoms with Gasteiger partial charge in [-0.2, -0.15) is 0 Å². The Morgan fingerprint density at radius 2 is 1.75 bits per heavy atom. The highest BCUT2D eigenvalue weighted by atomic mass is 16.2. The second-order valence-electron chi connectivity index (χ2n) is 5.54. The molecule has 0 aliphatic carbocycles. The Morgan fingerprint density at radius 1 is 1.12 bits per heavy atom. The van der Waals surface area contributed by atoms with Gasteiger partial charge in [-0.1, -0.05) is 17.7 Å². The van der Waals surface area contributed by atoms with Crippen molar-refractivity contribution < 1.29 is 19.2 Å². The summed E-state index contributed by atoms with van der Waals surface area (Å²) in [5.41, 5.74) is 1.63. The first-order valence-corrected chi connectivity index (χ1v) is 7.53. The highest BCUT2D eigenvalue weighted by molar-refractivity contribution is 6.15. The molecule has 0 saturated carbocycles. The van der Waals surface area contributed by atoms with Crippen molar-refractivity contribution in [2.75, 3.05) is 25.0 Å². The molecule has 0 bridgehead atoms. The van der Waals surface area contributed by atoms with Crippen LogP contribution in [-0.4, -0.2) is 54.8 Å².